The first-order valence-electron chi connectivity index (χ1n) is 9.08. The average Bonchev–Trinajstić information content (AvgIpc) is 2.72. The van der Waals surface area contributed by atoms with E-state index in [9.17, 15) is 27.9 Å². The minimum absolute atomic E-state index is 0.0334. The van der Waals surface area contributed by atoms with Gasteiger partial charge in [-0.1, -0.05) is 54.6 Å². The van der Waals surface area contributed by atoms with E-state index in [0.29, 0.717) is 0 Å². The van der Waals surface area contributed by atoms with Gasteiger partial charge in [-0.05, 0) is 34.0 Å². The molecule has 0 aliphatic rings. The highest BCUT2D eigenvalue weighted by molar-refractivity contribution is 5.91. The summed E-state index contributed by atoms with van der Waals surface area (Å²) < 4.78 is 38.0. The van der Waals surface area contributed by atoms with Gasteiger partial charge in [0.2, 0.25) is 5.91 Å². The molecule has 8 heteroatoms. The molecule has 0 saturated heterocycles. The maximum absolute atomic E-state index is 12.7. The third-order valence-electron chi connectivity index (χ3n) is 4.77. The SMILES string of the molecule is NC(=O)[C@@H](Cc1cccc2ccccc12)NC(=O)[C@@H](O)c1ccc(C(F)(F)F)cc1. The standard InChI is InChI=1S/C22H19F3N2O3/c23-22(24,25)16-10-8-14(9-11-16)19(28)21(30)27-18(20(26)29)12-15-6-3-5-13-4-1-2-7-17(13)15/h1-11,18-19,28H,12H2,(H2,26,29)(H,27,30)/t18-,19+/m1/s1. The lowest BCUT2D eigenvalue weighted by Crippen LogP contribution is -2.47. The van der Waals surface area contributed by atoms with Crippen molar-refractivity contribution in [1.29, 1.82) is 0 Å². The van der Waals surface area contributed by atoms with E-state index in [-0.39, 0.29) is 12.0 Å². The van der Waals surface area contributed by atoms with Gasteiger partial charge >= 0.3 is 6.18 Å². The molecule has 0 aliphatic heterocycles. The van der Waals surface area contributed by atoms with Gasteiger partial charge in [0.25, 0.3) is 5.91 Å². The Hall–Kier alpha value is -3.39. The number of aliphatic hydroxyl groups is 1. The predicted molar refractivity (Wildman–Crippen MR) is 105 cm³/mol. The van der Waals surface area contributed by atoms with Crippen LogP contribution in [0.2, 0.25) is 0 Å². The number of fused-ring (bicyclic) bond motifs is 1. The fourth-order valence-electron chi connectivity index (χ4n) is 3.17. The van der Waals surface area contributed by atoms with Gasteiger partial charge in [-0.25, -0.2) is 0 Å². The van der Waals surface area contributed by atoms with Crippen molar-refractivity contribution in [2.45, 2.75) is 24.7 Å². The first-order valence-corrected chi connectivity index (χ1v) is 9.08. The highest BCUT2D eigenvalue weighted by Gasteiger charge is 2.31. The number of benzene rings is 3. The number of aliphatic hydroxyl groups excluding tert-OH is 1. The highest BCUT2D eigenvalue weighted by Crippen LogP contribution is 2.30. The summed E-state index contributed by atoms with van der Waals surface area (Å²) in [5.74, 6) is -1.73. The second-order valence-electron chi connectivity index (χ2n) is 6.83. The molecule has 0 unspecified atom stereocenters. The second-order valence-corrected chi connectivity index (χ2v) is 6.83. The lowest BCUT2D eigenvalue weighted by molar-refractivity contribution is -0.137. The average molecular weight is 416 g/mol. The van der Waals surface area contributed by atoms with Gasteiger partial charge in [-0.3, -0.25) is 9.59 Å². The lowest BCUT2D eigenvalue weighted by Gasteiger charge is -2.19. The molecule has 4 N–H and O–H groups in total. The van der Waals surface area contributed by atoms with Crippen LogP contribution in [0.4, 0.5) is 13.2 Å². The normalized spacial score (nSPS) is 13.6. The number of amides is 2. The van der Waals surface area contributed by atoms with Crippen molar-refractivity contribution in [2.75, 3.05) is 0 Å². The molecule has 5 nitrogen and oxygen atoms in total. The number of halogens is 3. The molecule has 0 bridgehead atoms. The van der Waals surface area contributed by atoms with Gasteiger partial charge in [0.15, 0.2) is 6.10 Å². The van der Waals surface area contributed by atoms with Crippen molar-refractivity contribution < 1.29 is 27.9 Å². The number of nitrogens with two attached hydrogens (primary N) is 1. The molecule has 3 rings (SSSR count). The first-order chi connectivity index (χ1) is 14.2. The predicted octanol–water partition coefficient (Wildman–Crippen LogP) is 3.10. The Morgan fingerprint density at radius 3 is 2.23 bits per heavy atom. The zero-order valence-electron chi connectivity index (χ0n) is 15.7. The smallest absolute Gasteiger partial charge is 0.378 e. The molecule has 0 heterocycles. The Labute approximate surface area is 170 Å². The third kappa shape index (κ3) is 4.77. The van der Waals surface area contributed by atoms with Crippen LogP contribution < -0.4 is 11.1 Å². The van der Waals surface area contributed by atoms with Gasteiger partial charge in [-0.15, -0.1) is 0 Å². The number of rotatable bonds is 6. The number of carbonyl (C=O) groups is 2. The van der Waals surface area contributed by atoms with Gasteiger partial charge in [0.05, 0.1) is 5.56 Å². The Morgan fingerprint density at radius 1 is 0.967 bits per heavy atom. The zero-order valence-corrected chi connectivity index (χ0v) is 15.7. The van der Waals surface area contributed by atoms with Crippen molar-refractivity contribution in [3.63, 3.8) is 0 Å². The minimum Gasteiger partial charge on any atom is -0.378 e. The van der Waals surface area contributed by atoms with Crippen molar-refractivity contribution in [3.8, 4) is 0 Å². The van der Waals surface area contributed by atoms with E-state index in [4.69, 9.17) is 5.73 Å². The fourth-order valence-corrected chi connectivity index (χ4v) is 3.17. The van der Waals surface area contributed by atoms with Gasteiger partial charge in [0.1, 0.15) is 6.04 Å². The van der Waals surface area contributed by atoms with E-state index in [1.807, 2.05) is 36.4 Å². The van der Waals surface area contributed by atoms with Crippen LogP contribution in [0, 0.1) is 0 Å². The van der Waals surface area contributed by atoms with Crippen LogP contribution in [0.15, 0.2) is 66.7 Å². The number of hydrogen-bond donors (Lipinski definition) is 3. The summed E-state index contributed by atoms with van der Waals surface area (Å²) in [5, 5.41) is 14.4. The maximum Gasteiger partial charge on any atom is 0.416 e. The van der Waals surface area contributed by atoms with E-state index in [0.717, 1.165) is 40.6 Å². The van der Waals surface area contributed by atoms with Crippen molar-refractivity contribution >= 4 is 22.6 Å². The summed E-state index contributed by atoms with van der Waals surface area (Å²) in [7, 11) is 0. The molecule has 0 radical (unpaired) electrons. The van der Waals surface area contributed by atoms with E-state index in [2.05, 4.69) is 5.32 Å². The molecule has 0 aromatic heterocycles. The molecule has 0 fully saturated rings. The molecule has 0 spiro atoms. The summed E-state index contributed by atoms with van der Waals surface area (Å²) in [6.07, 6.45) is -6.18. The Kier molecular flexibility index (Phi) is 6.07. The quantitative estimate of drug-likeness (QED) is 0.577. The number of primary amides is 1. The van der Waals surface area contributed by atoms with Gasteiger partial charge in [0, 0.05) is 6.42 Å². The Balaban J connectivity index is 1.76. The molecule has 3 aromatic rings. The summed E-state index contributed by atoms with van der Waals surface area (Å²) in [6.45, 7) is 0. The first kappa shape index (κ1) is 21.3. The van der Waals surface area contributed by atoms with Crippen molar-refractivity contribution in [2.24, 2.45) is 5.73 Å². The van der Waals surface area contributed by atoms with Crippen molar-refractivity contribution in [1.82, 2.24) is 5.32 Å². The van der Waals surface area contributed by atoms with Crippen LogP contribution in [0.1, 0.15) is 22.8 Å². The third-order valence-corrected chi connectivity index (χ3v) is 4.77. The van der Waals surface area contributed by atoms with Crippen LogP contribution in [0.25, 0.3) is 10.8 Å². The zero-order chi connectivity index (χ0) is 21.9. The van der Waals surface area contributed by atoms with Gasteiger partial charge < -0.3 is 16.2 Å². The van der Waals surface area contributed by atoms with Crippen LogP contribution >= 0.6 is 0 Å². The largest absolute Gasteiger partial charge is 0.416 e. The van der Waals surface area contributed by atoms with E-state index in [1.165, 1.54) is 0 Å². The molecule has 0 aliphatic carbocycles. The molecule has 2 amide bonds. The number of alkyl halides is 3. The molecule has 156 valence electrons. The van der Waals surface area contributed by atoms with Crippen LogP contribution in [-0.4, -0.2) is 23.0 Å². The summed E-state index contributed by atoms with van der Waals surface area (Å²) in [6, 6.07) is 15.5. The summed E-state index contributed by atoms with van der Waals surface area (Å²) in [4.78, 5) is 24.3. The summed E-state index contributed by atoms with van der Waals surface area (Å²) >= 11 is 0. The Bertz CT molecular complexity index is 1060. The topological polar surface area (TPSA) is 92.4 Å². The molecule has 3 aromatic carbocycles. The van der Waals surface area contributed by atoms with Crippen LogP contribution in [0.3, 0.4) is 0 Å². The fraction of sp³-hybridized carbons (Fsp3) is 0.182. The van der Waals surface area contributed by atoms with E-state index >= 15 is 0 Å². The molecule has 30 heavy (non-hydrogen) atoms. The Morgan fingerprint density at radius 2 is 1.60 bits per heavy atom. The molecule has 0 saturated carbocycles. The van der Waals surface area contributed by atoms with E-state index in [1.54, 1.807) is 6.07 Å². The van der Waals surface area contributed by atoms with Crippen LogP contribution in [-0.2, 0) is 22.2 Å². The number of carbonyl (C=O) groups excluding carboxylic acids is 2. The molecule has 2 atom stereocenters. The maximum atomic E-state index is 12.7. The monoisotopic (exact) mass is 416 g/mol. The number of hydrogen-bond acceptors (Lipinski definition) is 3. The second kappa shape index (κ2) is 8.54. The summed E-state index contributed by atoms with van der Waals surface area (Å²) in [5.41, 5.74) is 5.27. The van der Waals surface area contributed by atoms with Crippen molar-refractivity contribution in [3.05, 3.63) is 83.4 Å². The molecular formula is C22H19F3N2O3. The van der Waals surface area contributed by atoms with Crippen LogP contribution in [0.5, 0.6) is 0 Å². The number of nitrogens with one attached hydrogen (secondary N) is 1. The molecular weight excluding hydrogens is 397 g/mol. The van der Waals surface area contributed by atoms with Gasteiger partial charge in [-0.2, -0.15) is 13.2 Å². The van der Waals surface area contributed by atoms with E-state index < -0.39 is 35.7 Å². The highest BCUT2D eigenvalue weighted by atomic mass is 19.4. The lowest BCUT2D eigenvalue weighted by atomic mass is 9.98. The minimum atomic E-state index is -4.53.